The summed E-state index contributed by atoms with van der Waals surface area (Å²) in [4.78, 5) is 0. The highest BCUT2D eigenvalue weighted by Crippen LogP contribution is 2.43. The summed E-state index contributed by atoms with van der Waals surface area (Å²) in [5, 5.41) is 12.7. The van der Waals surface area contributed by atoms with Gasteiger partial charge in [0.25, 0.3) is 0 Å². The van der Waals surface area contributed by atoms with Gasteiger partial charge >= 0.3 is 0 Å². The highest BCUT2D eigenvalue weighted by atomic mass is 16.5. The summed E-state index contributed by atoms with van der Waals surface area (Å²) in [6.07, 6.45) is 8.04. The Kier molecular flexibility index (Phi) is 3.76. The zero-order valence-electron chi connectivity index (χ0n) is 11.4. The van der Waals surface area contributed by atoms with E-state index in [1.165, 1.54) is 44.1 Å². The monoisotopic (exact) mass is 261 g/mol. The Balaban J connectivity index is 1.42. The molecular weight excluding hydrogens is 238 g/mol. The molecule has 1 saturated carbocycles. The molecule has 2 fully saturated rings. The van der Waals surface area contributed by atoms with Crippen molar-refractivity contribution in [1.82, 2.24) is 5.32 Å². The van der Waals surface area contributed by atoms with E-state index in [0.29, 0.717) is 11.9 Å². The van der Waals surface area contributed by atoms with Crippen LogP contribution in [0.15, 0.2) is 24.3 Å². The van der Waals surface area contributed by atoms with Crippen molar-refractivity contribution in [2.24, 2.45) is 0 Å². The molecule has 1 heterocycles. The fraction of sp³-hybridized carbons (Fsp3) is 0.625. The molecule has 3 heteroatoms. The molecule has 1 aliphatic carbocycles. The zero-order valence-corrected chi connectivity index (χ0v) is 11.4. The maximum Gasteiger partial charge on any atom is 0.115 e. The van der Waals surface area contributed by atoms with Crippen LogP contribution in [0.1, 0.15) is 44.1 Å². The van der Waals surface area contributed by atoms with Gasteiger partial charge in [0.2, 0.25) is 0 Å². The van der Waals surface area contributed by atoms with Gasteiger partial charge in [-0.05, 0) is 43.4 Å². The van der Waals surface area contributed by atoms with Crippen LogP contribution in [0.4, 0.5) is 0 Å². The summed E-state index contributed by atoms with van der Waals surface area (Å²) in [5.74, 6) is 0.325. The molecule has 1 spiro atoms. The maximum atomic E-state index is 9.23. The second-order valence-electron chi connectivity index (χ2n) is 5.97. The number of hydrogen-bond donors (Lipinski definition) is 2. The second-order valence-corrected chi connectivity index (χ2v) is 5.97. The molecule has 0 bridgehead atoms. The van der Waals surface area contributed by atoms with Crippen molar-refractivity contribution in [2.45, 2.75) is 56.8 Å². The minimum atomic E-state index is 0.241. The molecule has 0 aromatic heterocycles. The average Bonchev–Trinajstić information content (AvgIpc) is 3.03. The molecule has 1 atom stereocenters. The summed E-state index contributed by atoms with van der Waals surface area (Å²) in [7, 11) is 0. The van der Waals surface area contributed by atoms with Crippen molar-refractivity contribution in [2.75, 3.05) is 6.54 Å². The third-order valence-electron chi connectivity index (χ3n) is 4.49. The Morgan fingerprint density at radius 3 is 2.63 bits per heavy atom. The van der Waals surface area contributed by atoms with Gasteiger partial charge in [0.15, 0.2) is 0 Å². The van der Waals surface area contributed by atoms with Crippen LogP contribution in [-0.2, 0) is 11.3 Å². The lowest BCUT2D eigenvalue weighted by atomic mass is 9.98. The van der Waals surface area contributed by atoms with Gasteiger partial charge in [-0.15, -0.1) is 0 Å². The van der Waals surface area contributed by atoms with E-state index in [1.807, 2.05) is 12.1 Å². The summed E-state index contributed by atoms with van der Waals surface area (Å²) in [5.41, 5.74) is 1.44. The third kappa shape index (κ3) is 3.10. The Morgan fingerprint density at radius 1 is 1.16 bits per heavy atom. The first-order valence-corrected chi connectivity index (χ1v) is 7.42. The molecule has 0 amide bonds. The first-order chi connectivity index (χ1) is 9.26. The van der Waals surface area contributed by atoms with Gasteiger partial charge < -0.3 is 15.2 Å². The van der Waals surface area contributed by atoms with E-state index in [4.69, 9.17) is 4.74 Å². The van der Waals surface area contributed by atoms with Crippen LogP contribution in [0.3, 0.4) is 0 Å². The predicted octanol–water partition coefficient (Wildman–Crippen LogP) is 2.97. The number of ether oxygens (including phenoxy) is 1. The molecule has 1 aromatic rings. The standard InChI is InChI=1S/C16H23NO2/c18-14-5-3-13(4-6-14)11-17-12-15-7-10-16(19-15)8-1-2-9-16/h3-6,15,17-18H,1-2,7-12H2. The lowest BCUT2D eigenvalue weighted by Crippen LogP contribution is -2.30. The number of nitrogens with one attached hydrogen (secondary N) is 1. The van der Waals surface area contributed by atoms with E-state index >= 15 is 0 Å². The van der Waals surface area contributed by atoms with E-state index in [1.54, 1.807) is 12.1 Å². The molecule has 1 unspecified atom stereocenters. The molecule has 104 valence electrons. The van der Waals surface area contributed by atoms with Gasteiger partial charge in [-0.2, -0.15) is 0 Å². The van der Waals surface area contributed by atoms with E-state index in [9.17, 15) is 5.11 Å². The fourth-order valence-corrected chi connectivity index (χ4v) is 3.42. The number of rotatable bonds is 4. The van der Waals surface area contributed by atoms with Crippen LogP contribution in [0.25, 0.3) is 0 Å². The van der Waals surface area contributed by atoms with Crippen molar-refractivity contribution in [1.29, 1.82) is 0 Å². The number of aromatic hydroxyl groups is 1. The number of phenolic OH excluding ortho intramolecular Hbond substituents is 1. The molecule has 3 rings (SSSR count). The molecule has 0 radical (unpaired) electrons. The summed E-state index contributed by atoms with van der Waals surface area (Å²) >= 11 is 0. The molecular formula is C16H23NO2. The first-order valence-electron chi connectivity index (χ1n) is 7.42. The maximum absolute atomic E-state index is 9.23. The van der Waals surface area contributed by atoms with Gasteiger partial charge in [0.05, 0.1) is 11.7 Å². The average molecular weight is 261 g/mol. The molecule has 1 aromatic carbocycles. The summed E-state index contributed by atoms with van der Waals surface area (Å²) < 4.78 is 6.26. The smallest absolute Gasteiger partial charge is 0.115 e. The van der Waals surface area contributed by atoms with Crippen LogP contribution in [-0.4, -0.2) is 23.4 Å². The highest BCUT2D eigenvalue weighted by Gasteiger charge is 2.41. The molecule has 1 saturated heterocycles. The number of benzene rings is 1. The Morgan fingerprint density at radius 2 is 1.89 bits per heavy atom. The van der Waals surface area contributed by atoms with Gasteiger partial charge in [0.1, 0.15) is 5.75 Å². The fourth-order valence-electron chi connectivity index (χ4n) is 3.42. The minimum absolute atomic E-state index is 0.241. The van der Waals surface area contributed by atoms with Crippen molar-refractivity contribution in [3.05, 3.63) is 29.8 Å². The zero-order chi connectivity index (χ0) is 13.1. The van der Waals surface area contributed by atoms with Crippen LogP contribution < -0.4 is 5.32 Å². The first kappa shape index (κ1) is 12.9. The second kappa shape index (κ2) is 5.51. The Hall–Kier alpha value is -1.06. The minimum Gasteiger partial charge on any atom is -0.508 e. The Labute approximate surface area is 115 Å². The largest absolute Gasteiger partial charge is 0.508 e. The SMILES string of the molecule is Oc1ccc(CNCC2CCC3(CCCC3)O2)cc1. The third-order valence-corrected chi connectivity index (χ3v) is 4.49. The molecule has 19 heavy (non-hydrogen) atoms. The van der Waals surface area contributed by atoms with Crippen molar-refractivity contribution >= 4 is 0 Å². The lowest BCUT2D eigenvalue weighted by molar-refractivity contribution is -0.0351. The molecule has 1 aliphatic heterocycles. The van der Waals surface area contributed by atoms with Crippen LogP contribution in [0.5, 0.6) is 5.75 Å². The van der Waals surface area contributed by atoms with Gasteiger partial charge in [-0.1, -0.05) is 25.0 Å². The topological polar surface area (TPSA) is 41.5 Å². The molecule has 3 nitrogen and oxygen atoms in total. The van der Waals surface area contributed by atoms with E-state index in [2.05, 4.69) is 5.32 Å². The number of phenols is 1. The van der Waals surface area contributed by atoms with Gasteiger partial charge in [0, 0.05) is 13.1 Å². The highest BCUT2D eigenvalue weighted by molar-refractivity contribution is 5.25. The number of hydrogen-bond acceptors (Lipinski definition) is 3. The van der Waals surface area contributed by atoms with E-state index in [0.717, 1.165) is 13.1 Å². The molecule has 2 N–H and O–H groups in total. The van der Waals surface area contributed by atoms with Crippen LogP contribution in [0, 0.1) is 0 Å². The molecule has 2 aliphatic rings. The van der Waals surface area contributed by atoms with Crippen molar-refractivity contribution < 1.29 is 9.84 Å². The predicted molar refractivity (Wildman–Crippen MR) is 75.1 cm³/mol. The summed E-state index contributed by atoms with van der Waals surface area (Å²) in [6.45, 7) is 1.77. The Bertz CT molecular complexity index is 409. The van der Waals surface area contributed by atoms with Gasteiger partial charge in [-0.25, -0.2) is 0 Å². The van der Waals surface area contributed by atoms with Crippen LogP contribution >= 0.6 is 0 Å². The lowest BCUT2D eigenvalue weighted by Gasteiger charge is -2.23. The van der Waals surface area contributed by atoms with E-state index < -0.39 is 0 Å². The summed E-state index contributed by atoms with van der Waals surface area (Å²) in [6, 6.07) is 7.37. The van der Waals surface area contributed by atoms with Crippen molar-refractivity contribution in [3.8, 4) is 5.75 Å². The van der Waals surface area contributed by atoms with Gasteiger partial charge in [-0.3, -0.25) is 0 Å². The van der Waals surface area contributed by atoms with Crippen molar-refractivity contribution in [3.63, 3.8) is 0 Å². The van der Waals surface area contributed by atoms with E-state index in [-0.39, 0.29) is 5.60 Å². The van der Waals surface area contributed by atoms with Crippen LogP contribution in [0.2, 0.25) is 0 Å². The quantitative estimate of drug-likeness (QED) is 0.875. The normalized spacial score (nSPS) is 25.2.